The van der Waals surface area contributed by atoms with Crippen molar-refractivity contribution in [1.82, 2.24) is 0 Å². The Morgan fingerprint density at radius 3 is 2.82 bits per heavy atom. The molecule has 0 saturated carbocycles. The molecule has 1 unspecified atom stereocenters. The minimum Gasteiger partial charge on any atom is -0.481 e. The Morgan fingerprint density at radius 1 is 1.73 bits per heavy atom. The number of allylic oxidation sites excluding steroid dienone is 2. The van der Waals surface area contributed by atoms with Gasteiger partial charge in [0.15, 0.2) is 0 Å². The van der Waals surface area contributed by atoms with Crippen molar-refractivity contribution in [3.8, 4) is 0 Å². The van der Waals surface area contributed by atoms with Crippen LogP contribution >= 0.6 is 0 Å². The molecule has 1 atom stereocenters. The molecule has 0 aliphatic rings. The van der Waals surface area contributed by atoms with Gasteiger partial charge in [0.25, 0.3) is 0 Å². The van der Waals surface area contributed by atoms with Crippen LogP contribution in [0.5, 0.6) is 0 Å². The van der Waals surface area contributed by atoms with Gasteiger partial charge in [0.1, 0.15) is 0 Å². The number of carboxylic acids is 1. The zero-order chi connectivity index (χ0) is 8.69. The maximum absolute atomic E-state index is 10.3. The van der Waals surface area contributed by atoms with Crippen LogP contribution in [0.2, 0.25) is 0 Å². The van der Waals surface area contributed by atoms with Crippen LogP contribution < -0.4 is 0 Å². The normalized spacial score (nSPS) is 14.4. The van der Waals surface area contributed by atoms with Gasteiger partial charge in [-0.1, -0.05) is 13.0 Å². The molecule has 3 nitrogen and oxygen atoms in total. The van der Waals surface area contributed by atoms with Crippen molar-refractivity contribution in [2.24, 2.45) is 10.9 Å². The van der Waals surface area contributed by atoms with E-state index in [-0.39, 0.29) is 0 Å². The van der Waals surface area contributed by atoms with Gasteiger partial charge >= 0.3 is 5.97 Å². The van der Waals surface area contributed by atoms with Crippen LogP contribution in [0.25, 0.3) is 0 Å². The molecule has 0 spiro atoms. The Kier molecular flexibility index (Phi) is 5.07. The maximum Gasteiger partial charge on any atom is 0.308 e. The Hall–Kier alpha value is -1.12. The highest BCUT2D eigenvalue weighted by Gasteiger charge is 2.07. The molecular weight excluding hydrogens is 142 g/mol. The van der Waals surface area contributed by atoms with Crippen molar-refractivity contribution in [3.63, 3.8) is 0 Å². The van der Waals surface area contributed by atoms with E-state index in [1.165, 1.54) is 0 Å². The topological polar surface area (TPSA) is 49.7 Å². The molecule has 0 bridgehead atoms. The third-order valence-corrected chi connectivity index (χ3v) is 1.18. The van der Waals surface area contributed by atoms with Crippen molar-refractivity contribution in [2.45, 2.75) is 13.8 Å². The predicted molar refractivity (Wildman–Crippen MR) is 45.0 cm³/mol. The lowest BCUT2D eigenvalue weighted by Crippen LogP contribution is -2.12. The van der Waals surface area contributed by atoms with Crippen LogP contribution in [0.1, 0.15) is 13.8 Å². The second kappa shape index (κ2) is 5.65. The first-order valence-electron chi connectivity index (χ1n) is 3.52. The largest absolute Gasteiger partial charge is 0.481 e. The highest BCUT2D eigenvalue weighted by Crippen LogP contribution is 1.93. The second-order valence-corrected chi connectivity index (χ2v) is 2.28. The van der Waals surface area contributed by atoms with Gasteiger partial charge in [-0.25, -0.2) is 0 Å². The minimum atomic E-state index is -0.803. The van der Waals surface area contributed by atoms with E-state index >= 15 is 0 Å². The molecule has 0 aromatic carbocycles. The third kappa shape index (κ3) is 5.33. The van der Waals surface area contributed by atoms with Crippen LogP contribution in [0.15, 0.2) is 17.1 Å². The highest BCUT2D eigenvalue weighted by atomic mass is 16.4. The minimum absolute atomic E-state index is 0.347. The lowest BCUT2D eigenvalue weighted by molar-refractivity contribution is -0.140. The Balaban J connectivity index is 3.61. The maximum atomic E-state index is 10.3. The average molecular weight is 155 g/mol. The molecule has 11 heavy (non-hydrogen) atoms. The number of hydrogen-bond donors (Lipinski definition) is 1. The summed E-state index contributed by atoms with van der Waals surface area (Å²) in [6.07, 6.45) is 5.23. The van der Waals surface area contributed by atoms with E-state index in [2.05, 4.69) is 4.99 Å². The van der Waals surface area contributed by atoms with E-state index in [1.54, 1.807) is 19.2 Å². The highest BCUT2D eigenvalue weighted by molar-refractivity contribution is 5.72. The Labute approximate surface area is 66.5 Å². The fraction of sp³-hybridized carbons (Fsp3) is 0.500. The predicted octanol–water partition coefficient (Wildman–Crippen LogP) is 1.35. The molecule has 0 aliphatic heterocycles. The first-order chi connectivity index (χ1) is 5.18. The number of rotatable bonds is 4. The number of carboxylic acid groups (broad SMARTS) is 1. The van der Waals surface area contributed by atoms with Gasteiger partial charge < -0.3 is 5.11 Å². The number of hydrogen-bond acceptors (Lipinski definition) is 2. The summed E-state index contributed by atoms with van der Waals surface area (Å²) < 4.78 is 0. The fourth-order valence-electron chi connectivity index (χ4n) is 0.444. The third-order valence-electron chi connectivity index (χ3n) is 1.18. The number of nitrogens with zero attached hydrogens (tertiary/aromatic N) is 1. The van der Waals surface area contributed by atoms with Crippen molar-refractivity contribution in [2.75, 3.05) is 6.54 Å². The Bertz CT molecular complexity index is 173. The van der Waals surface area contributed by atoms with Crippen molar-refractivity contribution in [1.29, 1.82) is 0 Å². The number of aliphatic imine (C=N–C) groups is 1. The molecule has 3 heteroatoms. The molecule has 0 saturated heterocycles. The van der Waals surface area contributed by atoms with Crippen LogP contribution in [-0.4, -0.2) is 23.8 Å². The molecule has 0 heterocycles. The van der Waals surface area contributed by atoms with Gasteiger partial charge in [-0.2, -0.15) is 0 Å². The van der Waals surface area contributed by atoms with E-state index in [0.717, 1.165) is 0 Å². The molecule has 0 fully saturated rings. The van der Waals surface area contributed by atoms with Gasteiger partial charge in [-0.15, -0.1) is 0 Å². The zero-order valence-electron chi connectivity index (χ0n) is 6.82. The molecule has 0 amide bonds. The molecule has 1 N–H and O–H groups in total. The molecule has 0 radical (unpaired) electrons. The fourth-order valence-corrected chi connectivity index (χ4v) is 0.444. The summed E-state index contributed by atoms with van der Waals surface area (Å²) >= 11 is 0. The van der Waals surface area contributed by atoms with Gasteiger partial charge in [-0.3, -0.25) is 9.79 Å². The summed E-state index contributed by atoms with van der Waals surface area (Å²) in [7, 11) is 0. The molecular formula is C8H13NO2. The van der Waals surface area contributed by atoms with E-state index in [1.807, 2.05) is 13.0 Å². The molecule has 0 aliphatic carbocycles. The first kappa shape index (κ1) is 9.88. The molecule has 0 aromatic rings. The summed E-state index contributed by atoms with van der Waals surface area (Å²) in [6.45, 7) is 3.86. The van der Waals surface area contributed by atoms with Crippen molar-refractivity contribution < 1.29 is 9.90 Å². The average Bonchev–Trinajstić information content (AvgIpc) is 1.97. The Morgan fingerprint density at radius 2 is 2.36 bits per heavy atom. The van der Waals surface area contributed by atoms with Crippen molar-refractivity contribution >= 4 is 12.2 Å². The zero-order valence-corrected chi connectivity index (χ0v) is 6.82. The number of carbonyl (C=O) groups is 1. The summed E-state index contributed by atoms with van der Waals surface area (Å²) in [4.78, 5) is 14.2. The first-order valence-corrected chi connectivity index (χ1v) is 3.52. The van der Waals surface area contributed by atoms with Crippen LogP contribution in [0.3, 0.4) is 0 Å². The van der Waals surface area contributed by atoms with Gasteiger partial charge in [0, 0.05) is 6.21 Å². The van der Waals surface area contributed by atoms with Crippen LogP contribution in [-0.2, 0) is 4.79 Å². The second-order valence-electron chi connectivity index (χ2n) is 2.28. The van der Waals surface area contributed by atoms with E-state index in [0.29, 0.717) is 6.54 Å². The summed E-state index contributed by atoms with van der Waals surface area (Å²) in [5, 5.41) is 8.45. The van der Waals surface area contributed by atoms with Gasteiger partial charge in [-0.05, 0) is 13.0 Å². The molecule has 0 rings (SSSR count). The number of aliphatic carboxylic acids is 1. The summed E-state index contributed by atoms with van der Waals surface area (Å²) in [5.74, 6) is -1.20. The van der Waals surface area contributed by atoms with E-state index in [4.69, 9.17) is 5.11 Å². The van der Waals surface area contributed by atoms with Gasteiger partial charge in [0.05, 0.1) is 12.5 Å². The van der Waals surface area contributed by atoms with E-state index in [9.17, 15) is 4.79 Å². The summed E-state index contributed by atoms with van der Waals surface area (Å²) in [5.41, 5.74) is 0. The SMILES string of the molecule is C/C=C\C=NCC(C)C(=O)O. The molecule has 62 valence electrons. The summed E-state index contributed by atoms with van der Waals surface area (Å²) in [6, 6.07) is 0. The monoisotopic (exact) mass is 155 g/mol. The molecule has 0 aromatic heterocycles. The smallest absolute Gasteiger partial charge is 0.308 e. The standard InChI is InChI=1S/C8H13NO2/c1-3-4-5-9-6-7(2)8(10)11/h3-5,7H,6H2,1-2H3,(H,10,11)/b4-3-,9-5?. The van der Waals surface area contributed by atoms with Crippen LogP contribution in [0, 0.1) is 5.92 Å². The van der Waals surface area contributed by atoms with Crippen molar-refractivity contribution in [3.05, 3.63) is 12.2 Å². The van der Waals surface area contributed by atoms with E-state index < -0.39 is 11.9 Å². The lowest BCUT2D eigenvalue weighted by Gasteiger charge is -1.98. The van der Waals surface area contributed by atoms with Crippen LogP contribution in [0.4, 0.5) is 0 Å². The quantitative estimate of drug-likeness (QED) is 0.623. The lowest BCUT2D eigenvalue weighted by atomic mass is 10.2. The van der Waals surface area contributed by atoms with Gasteiger partial charge in [0.2, 0.25) is 0 Å².